The van der Waals surface area contributed by atoms with Gasteiger partial charge in [0.05, 0.1) is 12.3 Å². The number of rotatable bonds is 4. The van der Waals surface area contributed by atoms with E-state index in [9.17, 15) is 14.4 Å². The number of carbonyl (C=O) groups excluding carboxylic acids is 3. The Morgan fingerprint density at radius 1 is 1.07 bits per heavy atom. The smallest absolute Gasteiger partial charge is 0.335 e. The first kappa shape index (κ1) is 18.9. The summed E-state index contributed by atoms with van der Waals surface area (Å²) in [5, 5.41) is 2.92. The Morgan fingerprint density at radius 2 is 1.81 bits per heavy atom. The second-order valence-corrected chi connectivity index (χ2v) is 6.43. The fourth-order valence-corrected chi connectivity index (χ4v) is 2.95. The van der Waals surface area contributed by atoms with E-state index in [1.165, 1.54) is 12.1 Å². The molecular weight excluding hydrogens is 391 g/mol. The Labute approximate surface area is 165 Å². The molecule has 0 atom stereocenters. The standard InChI is InChI=1S/C19H14Cl2N2O4/c1-2-27-16-7-6-13(21)8-11(16)9-15-17(24)22-19(26)23(18(15)25)14-5-3-4-12(20)10-14/h3-10H,2H2,1H3,(H,22,24,26)/b15-9+. The van der Waals surface area contributed by atoms with Crippen LogP contribution in [0.4, 0.5) is 10.5 Å². The van der Waals surface area contributed by atoms with Crippen LogP contribution >= 0.6 is 23.2 Å². The van der Waals surface area contributed by atoms with Gasteiger partial charge in [-0.05, 0) is 49.4 Å². The molecule has 1 heterocycles. The Kier molecular flexibility index (Phi) is 5.48. The minimum Gasteiger partial charge on any atom is -0.493 e. The lowest BCUT2D eigenvalue weighted by Crippen LogP contribution is -2.54. The quantitative estimate of drug-likeness (QED) is 0.615. The van der Waals surface area contributed by atoms with E-state index in [4.69, 9.17) is 27.9 Å². The highest BCUT2D eigenvalue weighted by Gasteiger charge is 2.37. The fraction of sp³-hybridized carbons (Fsp3) is 0.105. The Morgan fingerprint density at radius 3 is 2.52 bits per heavy atom. The van der Waals surface area contributed by atoms with Gasteiger partial charge in [0, 0.05) is 15.6 Å². The van der Waals surface area contributed by atoms with Crippen molar-refractivity contribution in [2.45, 2.75) is 6.92 Å². The second kappa shape index (κ2) is 7.82. The van der Waals surface area contributed by atoms with Crippen molar-refractivity contribution >= 4 is 52.8 Å². The van der Waals surface area contributed by atoms with E-state index < -0.39 is 17.8 Å². The zero-order valence-corrected chi connectivity index (χ0v) is 15.7. The van der Waals surface area contributed by atoms with Crippen LogP contribution < -0.4 is 15.0 Å². The first-order valence-corrected chi connectivity index (χ1v) is 8.75. The largest absolute Gasteiger partial charge is 0.493 e. The molecule has 8 heteroatoms. The van der Waals surface area contributed by atoms with E-state index in [-0.39, 0.29) is 11.3 Å². The molecule has 0 bridgehead atoms. The van der Waals surface area contributed by atoms with E-state index in [1.807, 2.05) is 6.92 Å². The molecule has 2 aromatic rings. The average molecular weight is 405 g/mol. The highest BCUT2D eigenvalue weighted by molar-refractivity contribution is 6.39. The highest BCUT2D eigenvalue weighted by atomic mass is 35.5. The van der Waals surface area contributed by atoms with Gasteiger partial charge in [-0.2, -0.15) is 0 Å². The molecule has 0 aliphatic carbocycles. The van der Waals surface area contributed by atoms with Crippen LogP contribution in [0.2, 0.25) is 10.0 Å². The predicted octanol–water partition coefficient (Wildman–Crippen LogP) is 4.06. The van der Waals surface area contributed by atoms with Gasteiger partial charge in [-0.3, -0.25) is 14.9 Å². The summed E-state index contributed by atoms with van der Waals surface area (Å²) in [6.07, 6.45) is 1.35. The summed E-state index contributed by atoms with van der Waals surface area (Å²) in [5.41, 5.74) is 0.473. The van der Waals surface area contributed by atoms with Crippen LogP contribution in [0.15, 0.2) is 48.0 Å². The number of hydrogen-bond acceptors (Lipinski definition) is 4. The number of barbiturate groups is 1. The first-order chi connectivity index (χ1) is 12.9. The monoisotopic (exact) mass is 404 g/mol. The summed E-state index contributed by atoms with van der Waals surface area (Å²) in [4.78, 5) is 38.2. The van der Waals surface area contributed by atoms with Crippen LogP contribution in [0.25, 0.3) is 6.08 Å². The van der Waals surface area contributed by atoms with E-state index in [0.29, 0.717) is 28.0 Å². The number of carbonyl (C=O) groups is 3. The predicted molar refractivity (Wildman–Crippen MR) is 103 cm³/mol. The molecule has 2 aromatic carbocycles. The first-order valence-electron chi connectivity index (χ1n) is 8.00. The molecule has 0 unspecified atom stereocenters. The maximum atomic E-state index is 12.9. The summed E-state index contributed by atoms with van der Waals surface area (Å²) in [6.45, 7) is 2.20. The SMILES string of the molecule is CCOc1ccc(Cl)cc1/C=C1\C(=O)NC(=O)N(c2cccc(Cl)c2)C1=O. The van der Waals surface area contributed by atoms with Crippen molar-refractivity contribution in [3.8, 4) is 5.75 Å². The molecule has 0 radical (unpaired) electrons. The molecule has 1 fully saturated rings. The molecular formula is C19H14Cl2N2O4. The third-order valence-electron chi connectivity index (χ3n) is 3.74. The molecule has 27 heavy (non-hydrogen) atoms. The lowest BCUT2D eigenvalue weighted by atomic mass is 10.1. The zero-order valence-electron chi connectivity index (χ0n) is 14.2. The summed E-state index contributed by atoms with van der Waals surface area (Å²) >= 11 is 12.0. The van der Waals surface area contributed by atoms with Crippen molar-refractivity contribution in [2.24, 2.45) is 0 Å². The summed E-state index contributed by atoms with van der Waals surface area (Å²) in [6, 6.07) is 10.2. The van der Waals surface area contributed by atoms with E-state index in [2.05, 4.69) is 5.32 Å². The molecule has 4 amide bonds. The van der Waals surface area contributed by atoms with Crippen molar-refractivity contribution in [1.29, 1.82) is 0 Å². The third-order valence-corrected chi connectivity index (χ3v) is 4.21. The molecule has 0 spiro atoms. The molecule has 1 aliphatic rings. The number of benzene rings is 2. The minimum absolute atomic E-state index is 0.224. The lowest BCUT2D eigenvalue weighted by Gasteiger charge is -2.26. The van der Waals surface area contributed by atoms with Gasteiger partial charge >= 0.3 is 6.03 Å². The molecule has 0 aromatic heterocycles. The number of anilines is 1. The van der Waals surface area contributed by atoms with Crippen LogP contribution in [0.3, 0.4) is 0 Å². The van der Waals surface area contributed by atoms with Gasteiger partial charge in [-0.25, -0.2) is 9.69 Å². The molecule has 0 saturated carbocycles. The van der Waals surface area contributed by atoms with Crippen molar-refractivity contribution in [2.75, 3.05) is 11.5 Å². The third kappa shape index (κ3) is 3.97. The van der Waals surface area contributed by atoms with Crippen molar-refractivity contribution < 1.29 is 19.1 Å². The zero-order chi connectivity index (χ0) is 19.6. The fourth-order valence-electron chi connectivity index (χ4n) is 2.58. The number of amides is 4. The van der Waals surface area contributed by atoms with Gasteiger partial charge < -0.3 is 4.74 Å². The summed E-state index contributed by atoms with van der Waals surface area (Å²) in [7, 11) is 0. The van der Waals surface area contributed by atoms with Gasteiger partial charge in [-0.1, -0.05) is 29.3 Å². The van der Waals surface area contributed by atoms with Crippen LogP contribution in [0, 0.1) is 0 Å². The topological polar surface area (TPSA) is 75.7 Å². The van der Waals surface area contributed by atoms with Gasteiger partial charge in [-0.15, -0.1) is 0 Å². The Bertz CT molecular complexity index is 972. The van der Waals surface area contributed by atoms with E-state index in [1.54, 1.807) is 36.4 Å². The Hall–Kier alpha value is -2.83. The maximum absolute atomic E-state index is 12.9. The molecule has 1 aliphatic heterocycles. The number of nitrogens with zero attached hydrogens (tertiary/aromatic N) is 1. The van der Waals surface area contributed by atoms with Gasteiger partial charge in [0.1, 0.15) is 11.3 Å². The average Bonchev–Trinajstić information content (AvgIpc) is 2.61. The normalized spacial score (nSPS) is 15.9. The number of ether oxygens (including phenoxy) is 1. The van der Waals surface area contributed by atoms with Gasteiger partial charge in [0.15, 0.2) is 0 Å². The number of halogens is 2. The van der Waals surface area contributed by atoms with E-state index in [0.717, 1.165) is 4.90 Å². The van der Waals surface area contributed by atoms with Crippen LogP contribution in [-0.4, -0.2) is 24.5 Å². The molecule has 6 nitrogen and oxygen atoms in total. The van der Waals surface area contributed by atoms with Crippen LogP contribution in [0.5, 0.6) is 5.75 Å². The van der Waals surface area contributed by atoms with Crippen molar-refractivity contribution in [3.05, 3.63) is 63.6 Å². The summed E-state index contributed by atoms with van der Waals surface area (Å²) < 4.78 is 5.51. The maximum Gasteiger partial charge on any atom is 0.335 e. The number of urea groups is 1. The molecule has 138 valence electrons. The highest BCUT2D eigenvalue weighted by Crippen LogP contribution is 2.28. The van der Waals surface area contributed by atoms with Crippen molar-refractivity contribution in [3.63, 3.8) is 0 Å². The number of nitrogens with one attached hydrogen (secondary N) is 1. The second-order valence-electron chi connectivity index (χ2n) is 5.55. The van der Waals surface area contributed by atoms with E-state index >= 15 is 0 Å². The van der Waals surface area contributed by atoms with Crippen LogP contribution in [0.1, 0.15) is 12.5 Å². The summed E-state index contributed by atoms with van der Waals surface area (Å²) in [5.74, 6) is -1.11. The molecule has 1 saturated heterocycles. The minimum atomic E-state index is -0.847. The number of imide groups is 2. The number of hydrogen-bond donors (Lipinski definition) is 1. The van der Waals surface area contributed by atoms with Crippen molar-refractivity contribution in [1.82, 2.24) is 5.32 Å². The Balaban J connectivity index is 2.06. The molecule has 3 rings (SSSR count). The lowest BCUT2D eigenvalue weighted by molar-refractivity contribution is -0.122. The van der Waals surface area contributed by atoms with Gasteiger partial charge in [0.2, 0.25) is 0 Å². The van der Waals surface area contributed by atoms with Crippen LogP contribution in [-0.2, 0) is 9.59 Å². The molecule has 1 N–H and O–H groups in total. The van der Waals surface area contributed by atoms with Gasteiger partial charge in [0.25, 0.3) is 11.8 Å².